The third-order valence-corrected chi connectivity index (χ3v) is 10.6. The van der Waals surface area contributed by atoms with E-state index in [1.807, 2.05) is 37.5 Å². The first-order valence-corrected chi connectivity index (χ1v) is 18.6. The van der Waals surface area contributed by atoms with Gasteiger partial charge in [-0.25, -0.2) is 4.98 Å². The monoisotopic (exact) mass is 666 g/mol. The number of hydrogen-bond acceptors (Lipinski definition) is 5. The van der Waals surface area contributed by atoms with Crippen LogP contribution in [0, 0.1) is 13.8 Å². The van der Waals surface area contributed by atoms with Crippen LogP contribution in [-0.2, 0) is 13.0 Å². The van der Waals surface area contributed by atoms with E-state index in [1.54, 1.807) is 0 Å². The van der Waals surface area contributed by atoms with Crippen molar-refractivity contribution < 1.29 is 4.79 Å². The Morgan fingerprint density at radius 1 is 0.860 bits per heavy atom. The summed E-state index contributed by atoms with van der Waals surface area (Å²) < 4.78 is 2.21. The standard InChI is InChI=1S/C43H50N6O/c1-32-15-19-35(20-16-32)39(24-29-47-26-6-7-27-47)40-14-8-10-37(46-40)11-9-28-48(38-12-4-3-5-13-38)43(50)36-21-17-34(18-22-36)31-49-33(2)45-41-30-44-25-23-42(41)49/h8,10,14-25,30,38H,3-7,9,11-13,26-29,31H2,1-2H3/b39-24+. The van der Waals surface area contributed by atoms with E-state index in [1.165, 1.54) is 61.9 Å². The first-order chi connectivity index (χ1) is 24.5. The Morgan fingerprint density at radius 2 is 1.62 bits per heavy atom. The molecule has 0 spiro atoms. The minimum Gasteiger partial charge on any atom is -0.336 e. The highest BCUT2D eigenvalue weighted by molar-refractivity contribution is 5.94. The van der Waals surface area contributed by atoms with Crippen molar-refractivity contribution in [3.05, 3.63) is 131 Å². The second-order valence-corrected chi connectivity index (χ2v) is 14.2. The van der Waals surface area contributed by atoms with Crippen LogP contribution >= 0.6 is 0 Å². The largest absolute Gasteiger partial charge is 0.336 e. The third-order valence-electron chi connectivity index (χ3n) is 10.6. The zero-order chi connectivity index (χ0) is 34.3. The van der Waals surface area contributed by atoms with Gasteiger partial charge in [-0.2, -0.15) is 0 Å². The fourth-order valence-corrected chi connectivity index (χ4v) is 7.73. The number of carbonyl (C=O) groups excluding carboxylic acids is 1. The van der Waals surface area contributed by atoms with Gasteiger partial charge in [-0.15, -0.1) is 0 Å². The van der Waals surface area contributed by atoms with Crippen molar-refractivity contribution in [3.63, 3.8) is 0 Å². The molecule has 3 aromatic heterocycles. The predicted molar refractivity (Wildman–Crippen MR) is 202 cm³/mol. The normalized spacial score (nSPS) is 15.9. The van der Waals surface area contributed by atoms with Crippen LogP contribution in [0.3, 0.4) is 0 Å². The molecule has 7 heteroatoms. The smallest absolute Gasteiger partial charge is 0.254 e. The Balaban J connectivity index is 1.04. The molecule has 1 aliphatic carbocycles. The Hall–Kier alpha value is -4.62. The van der Waals surface area contributed by atoms with Crippen molar-refractivity contribution in [2.24, 2.45) is 0 Å². The maximum absolute atomic E-state index is 14.1. The number of aryl methyl sites for hydroxylation is 3. The molecule has 2 aromatic carbocycles. The summed E-state index contributed by atoms with van der Waals surface area (Å²) >= 11 is 0. The molecule has 1 aliphatic heterocycles. The molecule has 1 amide bonds. The molecule has 0 N–H and O–H groups in total. The van der Waals surface area contributed by atoms with E-state index in [4.69, 9.17) is 4.98 Å². The first kappa shape index (κ1) is 33.9. The lowest BCUT2D eigenvalue weighted by Gasteiger charge is -2.34. The first-order valence-electron chi connectivity index (χ1n) is 18.6. The van der Waals surface area contributed by atoms with Crippen LogP contribution in [0.25, 0.3) is 16.6 Å². The van der Waals surface area contributed by atoms with Crippen LogP contribution in [-0.4, -0.2) is 67.4 Å². The summed E-state index contributed by atoms with van der Waals surface area (Å²) in [6.45, 7) is 8.90. The second kappa shape index (κ2) is 15.9. The third kappa shape index (κ3) is 8.05. The highest BCUT2D eigenvalue weighted by Crippen LogP contribution is 2.27. The summed E-state index contributed by atoms with van der Waals surface area (Å²) in [7, 11) is 0. The van der Waals surface area contributed by atoms with Gasteiger partial charge in [0.05, 0.1) is 17.4 Å². The quantitative estimate of drug-likeness (QED) is 0.134. The van der Waals surface area contributed by atoms with Gasteiger partial charge in [0.1, 0.15) is 11.3 Å². The zero-order valence-corrected chi connectivity index (χ0v) is 29.7. The van der Waals surface area contributed by atoms with Crippen molar-refractivity contribution in [2.75, 3.05) is 26.2 Å². The van der Waals surface area contributed by atoms with Crippen molar-refractivity contribution in [2.45, 2.75) is 84.2 Å². The number of rotatable bonds is 12. The minimum absolute atomic E-state index is 0.145. The fraction of sp³-hybridized carbons (Fsp3) is 0.395. The molecule has 0 bridgehead atoms. The molecule has 50 heavy (non-hydrogen) atoms. The van der Waals surface area contributed by atoms with Crippen LogP contribution in [0.1, 0.15) is 95.6 Å². The maximum atomic E-state index is 14.1. The number of benzene rings is 2. The Labute approximate surface area is 297 Å². The summed E-state index contributed by atoms with van der Waals surface area (Å²) in [6.07, 6.45) is 16.1. The van der Waals surface area contributed by atoms with Gasteiger partial charge in [0.25, 0.3) is 5.91 Å². The van der Waals surface area contributed by atoms with Crippen LogP contribution < -0.4 is 0 Å². The molecule has 7 nitrogen and oxygen atoms in total. The summed E-state index contributed by atoms with van der Waals surface area (Å²) in [4.78, 5) is 32.9. The number of imidazole rings is 1. The van der Waals surface area contributed by atoms with Crippen molar-refractivity contribution >= 4 is 22.5 Å². The Morgan fingerprint density at radius 3 is 2.40 bits per heavy atom. The number of amides is 1. The van der Waals surface area contributed by atoms with E-state index >= 15 is 0 Å². The van der Waals surface area contributed by atoms with Gasteiger partial charge in [-0.05, 0) is 107 Å². The van der Waals surface area contributed by atoms with Crippen LogP contribution in [0.4, 0.5) is 0 Å². The number of likely N-dealkylation sites (tertiary alicyclic amines) is 1. The molecular formula is C43H50N6O. The SMILES string of the molecule is Cc1ccc(/C(=C\CN2CCCC2)c2cccc(CCCN(C(=O)c3ccc(Cn4c(C)nc5cnccc54)cc3)C3CCCCC3)n2)cc1. The van der Waals surface area contributed by atoms with Crippen molar-refractivity contribution in [1.82, 2.24) is 29.3 Å². The number of fused-ring (bicyclic) bond motifs is 1. The van der Waals surface area contributed by atoms with Gasteiger partial charge >= 0.3 is 0 Å². The lowest BCUT2D eigenvalue weighted by molar-refractivity contribution is 0.0631. The number of nitrogens with zero attached hydrogens (tertiary/aromatic N) is 6. The zero-order valence-electron chi connectivity index (χ0n) is 29.7. The lowest BCUT2D eigenvalue weighted by atomic mass is 9.93. The van der Waals surface area contributed by atoms with Crippen molar-refractivity contribution in [3.8, 4) is 0 Å². The Kier molecular flexibility index (Phi) is 10.8. The minimum atomic E-state index is 0.145. The van der Waals surface area contributed by atoms with E-state index in [-0.39, 0.29) is 5.91 Å². The number of carbonyl (C=O) groups is 1. The second-order valence-electron chi connectivity index (χ2n) is 14.2. The topological polar surface area (TPSA) is 67.2 Å². The molecule has 5 aromatic rings. The number of pyridine rings is 2. The highest BCUT2D eigenvalue weighted by Gasteiger charge is 2.26. The van der Waals surface area contributed by atoms with Crippen LogP contribution in [0.5, 0.6) is 0 Å². The van der Waals surface area contributed by atoms with Crippen LogP contribution in [0.2, 0.25) is 0 Å². The van der Waals surface area contributed by atoms with Crippen LogP contribution in [0.15, 0.2) is 91.3 Å². The molecule has 1 saturated carbocycles. The van der Waals surface area contributed by atoms with Gasteiger partial charge in [0.15, 0.2) is 0 Å². The maximum Gasteiger partial charge on any atom is 0.254 e. The van der Waals surface area contributed by atoms with Crippen molar-refractivity contribution in [1.29, 1.82) is 0 Å². The molecule has 258 valence electrons. The number of aromatic nitrogens is 4. The van der Waals surface area contributed by atoms with E-state index < -0.39 is 0 Å². The van der Waals surface area contributed by atoms with Gasteiger partial charge in [-0.3, -0.25) is 19.7 Å². The summed E-state index contributed by atoms with van der Waals surface area (Å²) in [5.41, 5.74) is 9.69. The van der Waals surface area contributed by atoms with E-state index in [9.17, 15) is 4.79 Å². The summed E-state index contributed by atoms with van der Waals surface area (Å²) in [6, 6.07) is 25.8. The van der Waals surface area contributed by atoms with Gasteiger partial charge < -0.3 is 9.47 Å². The average Bonchev–Trinajstić information content (AvgIpc) is 3.79. The van der Waals surface area contributed by atoms with E-state index in [0.717, 1.165) is 78.1 Å². The molecule has 2 fully saturated rings. The lowest BCUT2D eigenvalue weighted by Crippen LogP contribution is -2.42. The van der Waals surface area contributed by atoms with Gasteiger partial charge in [-0.1, -0.05) is 73.4 Å². The number of hydrogen-bond donors (Lipinski definition) is 0. The predicted octanol–water partition coefficient (Wildman–Crippen LogP) is 8.43. The highest BCUT2D eigenvalue weighted by atomic mass is 16.2. The van der Waals surface area contributed by atoms with Gasteiger partial charge in [0, 0.05) is 48.7 Å². The molecule has 1 saturated heterocycles. The fourth-order valence-electron chi connectivity index (χ4n) is 7.73. The molecule has 0 unspecified atom stereocenters. The average molecular weight is 667 g/mol. The molecular weight excluding hydrogens is 617 g/mol. The summed E-state index contributed by atoms with van der Waals surface area (Å²) in [5.74, 6) is 1.10. The molecule has 0 radical (unpaired) electrons. The Bertz CT molecular complexity index is 1910. The van der Waals surface area contributed by atoms with E-state index in [2.05, 4.69) is 91.9 Å². The van der Waals surface area contributed by atoms with E-state index in [0.29, 0.717) is 12.6 Å². The van der Waals surface area contributed by atoms with Gasteiger partial charge in [0.2, 0.25) is 0 Å². The summed E-state index contributed by atoms with van der Waals surface area (Å²) in [5, 5.41) is 0. The molecule has 2 aliphatic rings. The molecule has 4 heterocycles. The molecule has 7 rings (SSSR count). The molecule has 0 atom stereocenters.